The maximum Gasteiger partial charge on any atom is 0.116 e. The molecular formula is C20H23NO2. The molecule has 23 heavy (non-hydrogen) atoms. The molecule has 0 bridgehead atoms. The fourth-order valence-corrected chi connectivity index (χ4v) is 3.09. The highest BCUT2D eigenvalue weighted by molar-refractivity contribution is 6.08. The molecule has 0 heterocycles. The molecule has 3 heteroatoms. The van der Waals surface area contributed by atoms with Crippen LogP contribution in [0.5, 0.6) is 5.75 Å². The number of nitrogens with zero attached hydrogens (tertiary/aromatic N) is 1. The first-order valence-electron chi connectivity index (χ1n) is 8.18. The van der Waals surface area contributed by atoms with Gasteiger partial charge in [-0.15, -0.1) is 0 Å². The van der Waals surface area contributed by atoms with Gasteiger partial charge in [-0.1, -0.05) is 44.2 Å². The van der Waals surface area contributed by atoms with Crippen LogP contribution in [0.15, 0.2) is 48.5 Å². The summed E-state index contributed by atoms with van der Waals surface area (Å²) in [5.74, 6) is 0.263. The van der Waals surface area contributed by atoms with Gasteiger partial charge in [0.05, 0.1) is 6.10 Å². The second kappa shape index (κ2) is 6.57. The molecule has 3 aromatic rings. The molecule has 0 fully saturated rings. The van der Waals surface area contributed by atoms with E-state index in [1.54, 1.807) is 12.1 Å². The summed E-state index contributed by atoms with van der Waals surface area (Å²) in [7, 11) is 0. The summed E-state index contributed by atoms with van der Waals surface area (Å²) in [6.45, 7) is 6.70. The number of fused-ring (bicyclic) bond motifs is 3. The van der Waals surface area contributed by atoms with E-state index in [1.807, 2.05) is 24.3 Å². The van der Waals surface area contributed by atoms with Crippen molar-refractivity contribution in [1.29, 1.82) is 0 Å². The lowest BCUT2D eigenvalue weighted by Gasteiger charge is -2.22. The van der Waals surface area contributed by atoms with Crippen molar-refractivity contribution in [3.05, 3.63) is 54.1 Å². The Bertz CT molecular complexity index is 824. The highest BCUT2D eigenvalue weighted by Crippen LogP contribution is 2.30. The number of hydrogen-bond acceptors (Lipinski definition) is 3. The van der Waals surface area contributed by atoms with Gasteiger partial charge in [-0.2, -0.15) is 0 Å². The fourth-order valence-electron chi connectivity index (χ4n) is 3.09. The summed E-state index contributed by atoms with van der Waals surface area (Å²) in [5, 5.41) is 24.6. The molecule has 120 valence electrons. The largest absolute Gasteiger partial charge is 0.508 e. The molecular weight excluding hydrogens is 286 g/mol. The van der Waals surface area contributed by atoms with Crippen LogP contribution in [0, 0.1) is 0 Å². The Morgan fingerprint density at radius 2 is 1.43 bits per heavy atom. The lowest BCUT2D eigenvalue weighted by Crippen LogP contribution is -2.28. The summed E-state index contributed by atoms with van der Waals surface area (Å²) >= 11 is 0. The Balaban J connectivity index is 2.06. The van der Waals surface area contributed by atoms with E-state index in [4.69, 9.17) is 0 Å². The van der Waals surface area contributed by atoms with Crippen LogP contribution < -0.4 is 0 Å². The van der Waals surface area contributed by atoms with E-state index >= 15 is 0 Å². The Labute approximate surface area is 136 Å². The van der Waals surface area contributed by atoms with Crippen LogP contribution in [0.3, 0.4) is 0 Å². The monoisotopic (exact) mass is 309 g/mol. The predicted molar refractivity (Wildman–Crippen MR) is 95.9 cm³/mol. The van der Waals surface area contributed by atoms with Gasteiger partial charge in [-0.05, 0) is 58.4 Å². The third-order valence-electron chi connectivity index (χ3n) is 4.56. The van der Waals surface area contributed by atoms with Gasteiger partial charge in [-0.25, -0.2) is 0 Å². The molecule has 0 aliphatic carbocycles. The number of aliphatic hydroxyl groups is 1. The molecule has 2 N–H and O–H groups in total. The summed E-state index contributed by atoms with van der Waals surface area (Å²) in [4.78, 5) is 2.21. The Morgan fingerprint density at radius 3 is 2.09 bits per heavy atom. The van der Waals surface area contributed by atoms with Crippen molar-refractivity contribution < 1.29 is 10.2 Å². The average molecular weight is 309 g/mol. The van der Waals surface area contributed by atoms with Gasteiger partial charge in [0.25, 0.3) is 0 Å². The van der Waals surface area contributed by atoms with E-state index in [1.165, 1.54) is 0 Å². The Kier molecular flexibility index (Phi) is 4.51. The fraction of sp³-hybridized carbons (Fsp3) is 0.300. The summed E-state index contributed by atoms with van der Waals surface area (Å²) in [6, 6.07) is 15.6. The zero-order chi connectivity index (χ0) is 16.4. The molecule has 0 radical (unpaired) electrons. The number of phenols is 1. The minimum atomic E-state index is -0.508. The summed E-state index contributed by atoms with van der Waals surface area (Å²) in [6.07, 6.45) is -0.508. The number of phenolic OH excluding ortho intramolecular Hbond substituents is 1. The van der Waals surface area contributed by atoms with Crippen LogP contribution >= 0.6 is 0 Å². The molecule has 3 aromatic carbocycles. The first kappa shape index (κ1) is 15.8. The van der Waals surface area contributed by atoms with Crippen LogP contribution in [0.1, 0.15) is 25.5 Å². The molecule has 3 nitrogen and oxygen atoms in total. The molecule has 0 saturated carbocycles. The molecule has 0 amide bonds. The van der Waals surface area contributed by atoms with Crippen molar-refractivity contribution in [1.82, 2.24) is 4.90 Å². The van der Waals surface area contributed by atoms with E-state index in [0.29, 0.717) is 6.54 Å². The zero-order valence-corrected chi connectivity index (χ0v) is 13.7. The second-order valence-electron chi connectivity index (χ2n) is 5.95. The second-order valence-corrected chi connectivity index (χ2v) is 5.95. The number of likely N-dealkylation sites (N-methyl/N-ethyl adjacent to an activating group) is 1. The first-order chi connectivity index (χ1) is 11.1. The number of rotatable bonds is 5. The average Bonchev–Trinajstić information content (AvgIpc) is 2.58. The molecule has 0 spiro atoms. The first-order valence-corrected chi connectivity index (χ1v) is 8.18. The maximum atomic E-state index is 10.5. The van der Waals surface area contributed by atoms with Gasteiger partial charge in [0.1, 0.15) is 5.75 Å². The molecule has 0 aliphatic heterocycles. The van der Waals surface area contributed by atoms with Gasteiger partial charge in [0.2, 0.25) is 0 Å². The maximum absolute atomic E-state index is 10.5. The van der Waals surface area contributed by atoms with Crippen LogP contribution in [0.4, 0.5) is 0 Å². The Morgan fingerprint density at radius 1 is 0.870 bits per heavy atom. The SMILES string of the molecule is CCN(CC)C[C@@H](O)c1ccc2ccc3ccc(O)cc3c2c1. The topological polar surface area (TPSA) is 43.7 Å². The lowest BCUT2D eigenvalue weighted by atomic mass is 9.98. The third kappa shape index (κ3) is 3.16. The quantitative estimate of drug-likeness (QED) is 0.698. The predicted octanol–water partition coefficient (Wildman–Crippen LogP) is 4.07. The lowest BCUT2D eigenvalue weighted by molar-refractivity contribution is 0.119. The van der Waals surface area contributed by atoms with Gasteiger partial charge in [0.15, 0.2) is 0 Å². The standard InChI is InChI=1S/C20H23NO2/c1-3-21(4-2)13-20(23)16-8-7-14-5-6-15-9-10-17(22)12-19(15)18(14)11-16/h5-12,20,22-23H,3-4,13H2,1-2H3/t20-/m1/s1. The number of hydrogen-bond donors (Lipinski definition) is 2. The van der Waals surface area contributed by atoms with Gasteiger partial charge < -0.3 is 15.1 Å². The molecule has 0 aromatic heterocycles. The highest BCUT2D eigenvalue weighted by atomic mass is 16.3. The van der Waals surface area contributed by atoms with E-state index in [9.17, 15) is 10.2 Å². The van der Waals surface area contributed by atoms with E-state index in [-0.39, 0.29) is 5.75 Å². The summed E-state index contributed by atoms with van der Waals surface area (Å²) < 4.78 is 0. The van der Waals surface area contributed by atoms with Gasteiger partial charge in [-0.3, -0.25) is 0 Å². The minimum absolute atomic E-state index is 0.263. The third-order valence-corrected chi connectivity index (χ3v) is 4.56. The van der Waals surface area contributed by atoms with E-state index in [2.05, 4.69) is 30.9 Å². The minimum Gasteiger partial charge on any atom is -0.508 e. The smallest absolute Gasteiger partial charge is 0.116 e. The molecule has 0 saturated heterocycles. The molecule has 0 aliphatic rings. The highest BCUT2D eigenvalue weighted by Gasteiger charge is 2.12. The van der Waals surface area contributed by atoms with Crippen LogP contribution in [0.25, 0.3) is 21.5 Å². The van der Waals surface area contributed by atoms with Gasteiger partial charge in [0, 0.05) is 6.54 Å². The van der Waals surface area contributed by atoms with Crippen molar-refractivity contribution in [2.75, 3.05) is 19.6 Å². The number of aliphatic hydroxyl groups excluding tert-OH is 1. The molecule has 3 rings (SSSR count). The van der Waals surface area contributed by atoms with Crippen molar-refractivity contribution in [2.24, 2.45) is 0 Å². The van der Waals surface area contributed by atoms with Crippen molar-refractivity contribution in [3.8, 4) is 5.75 Å². The van der Waals surface area contributed by atoms with Crippen molar-refractivity contribution in [2.45, 2.75) is 20.0 Å². The van der Waals surface area contributed by atoms with E-state index in [0.717, 1.165) is 40.2 Å². The zero-order valence-electron chi connectivity index (χ0n) is 13.7. The molecule has 0 unspecified atom stereocenters. The van der Waals surface area contributed by atoms with E-state index < -0.39 is 6.10 Å². The van der Waals surface area contributed by atoms with Crippen molar-refractivity contribution >= 4 is 21.5 Å². The molecule has 1 atom stereocenters. The normalized spacial score (nSPS) is 13.0. The summed E-state index contributed by atoms with van der Waals surface area (Å²) in [5.41, 5.74) is 0.917. The van der Waals surface area contributed by atoms with Crippen molar-refractivity contribution in [3.63, 3.8) is 0 Å². The number of benzene rings is 3. The van der Waals surface area contributed by atoms with Crippen LogP contribution in [-0.4, -0.2) is 34.7 Å². The van der Waals surface area contributed by atoms with Crippen LogP contribution in [-0.2, 0) is 0 Å². The van der Waals surface area contributed by atoms with Crippen LogP contribution in [0.2, 0.25) is 0 Å². The van der Waals surface area contributed by atoms with Gasteiger partial charge >= 0.3 is 0 Å². The number of aromatic hydroxyl groups is 1. The Hall–Kier alpha value is -2.10.